The summed E-state index contributed by atoms with van der Waals surface area (Å²) in [5.74, 6) is 0.390. The van der Waals surface area contributed by atoms with Gasteiger partial charge in [-0.15, -0.1) is 0 Å². The number of rotatable bonds is 5. The zero-order valence-electron chi connectivity index (χ0n) is 11.3. The maximum atomic E-state index is 10.6. The lowest BCUT2D eigenvalue weighted by Crippen LogP contribution is -2.53. The fraction of sp³-hybridized carbons (Fsp3) is 1.00. The number of nitrogens with one attached hydrogen (secondary N) is 1. The number of hydrogen-bond acceptors (Lipinski definition) is 3. The van der Waals surface area contributed by atoms with E-state index in [1.807, 2.05) is 6.92 Å². The number of ether oxygens (including phenoxy) is 1. The molecular weight excluding hydrogens is 214 g/mol. The molecule has 0 aromatic carbocycles. The molecule has 1 heterocycles. The van der Waals surface area contributed by atoms with Crippen LogP contribution in [0.4, 0.5) is 0 Å². The SMILES string of the molecule is CCCNCC(C)(O)C1CCOC2(CCC2)C1. The topological polar surface area (TPSA) is 41.5 Å². The van der Waals surface area contributed by atoms with Crippen LogP contribution in [0.3, 0.4) is 0 Å². The van der Waals surface area contributed by atoms with E-state index in [9.17, 15) is 5.11 Å². The van der Waals surface area contributed by atoms with Crippen molar-refractivity contribution in [2.75, 3.05) is 19.7 Å². The average Bonchev–Trinajstić information content (AvgIpc) is 2.27. The van der Waals surface area contributed by atoms with Gasteiger partial charge in [0.15, 0.2) is 0 Å². The van der Waals surface area contributed by atoms with Gasteiger partial charge in [0.1, 0.15) is 0 Å². The molecule has 1 saturated heterocycles. The van der Waals surface area contributed by atoms with Crippen LogP contribution in [-0.2, 0) is 4.74 Å². The zero-order valence-corrected chi connectivity index (χ0v) is 11.3. The second-order valence-electron chi connectivity index (χ2n) is 6.11. The molecule has 1 spiro atoms. The number of hydrogen-bond donors (Lipinski definition) is 2. The van der Waals surface area contributed by atoms with E-state index in [4.69, 9.17) is 4.74 Å². The minimum Gasteiger partial charge on any atom is -0.389 e. The quantitative estimate of drug-likeness (QED) is 0.724. The zero-order chi connectivity index (χ0) is 12.4. The second kappa shape index (κ2) is 5.25. The van der Waals surface area contributed by atoms with E-state index in [-0.39, 0.29) is 5.60 Å². The summed E-state index contributed by atoms with van der Waals surface area (Å²) in [7, 11) is 0. The molecule has 1 aliphatic heterocycles. The van der Waals surface area contributed by atoms with Crippen molar-refractivity contribution in [3.8, 4) is 0 Å². The molecule has 2 aliphatic rings. The fourth-order valence-electron chi connectivity index (χ4n) is 3.14. The highest BCUT2D eigenvalue weighted by Gasteiger charge is 2.46. The van der Waals surface area contributed by atoms with E-state index in [0.717, 1.165) is 32.4 Å². The molecule has 0 radical (unpaired) electrons. The molecule has 2 atom stereocenters. The third-order valence-corrected chi connectivity index (χ3v) is 4.55. The third-order valence-electron chi connectivity index (χ3n) is 4.55. The third kappa shape index (κ3) is 3.01. The first-order chi connectivity index (χ1) is 8.08. The normalized spacial score (nSPS) is 30.9. The Hall–Kier alpha value is -0.120. The molecule has 2 unspecified atom stereocenters. The molecule has 100 valence electrons. The summed E-state index contributed by atoms with van der Waals surface area (Å²) in [4.78, 5) is 0. The second-order valence-corrected chi connectivity index (χ2v) is 6.11. The highest BCUT2D eigenvalue weighted by Crippen LogP contribution is 2.46. The van der Waals surface area contributed by atoms with Gasteiger partial charge in [-0.25, -0.2) is 0 Å². The van der Waals surface area contributed by atoms with Gasteiger partial charge in [0.25, 0.3) is 0 Å². The van der Waals surface area contributed by atoms with Gasteiger partial charge in [0, 0.05) is 13.2 Å². The standard InChI is InChI=1S/C14H27NO2/c1-3-8-15-11-13(2,16)12-5-9-17-14(10-12)6-4-7-14/h12,15-16H,3-11H2,1-2H3. The summed E-state index contributed by atoms with van der Waals surface area (Å²) in [5, 5.41) is 13.9. The van der Waals surface area contributed by atoms with E-state index >= 15 is 0 Å². The van der Waals surface area contributed by atoms with Crippen LogP contribution in [0.25, 0.3) is 0 Å². The van der Waals surface area contributed by atoms with E-state index in [2.05, 4.69) is 12.2 Å². The molecule has 2 rings (SSSR count). The largest absolute Gasteiger partial charge is 0.389 e. The lowest BCUT2D eigenvalue weighted by Gasteiger charge is -2.50. The molecule has 3 nitrogen and oxygen atoms in total. The molecule has 0 aromatic heterocycles. The maximum Gasteiger partial charge on any atom is 0.0773 e. The monoisotopic (exact) mass is 241 g/mol. The van der Waals surface area contributed by atoms with Crippen molar-refractivity contribution in [1.82, 2.24) is 5.32 Å². The predicted molar refractivity (Wildman–Crippen MR) is 69.0 cm³/mol. The molecule has 0 amide bonds. The smallest absolute Gasteiger partial charge is 0.0773 e. The Balaban J connectivity index is 1.86. The molecule has 3 heteroatoms. The minimum absolute atomic E-state index is 0.137. The van der Waals surface area contributed by atoms with E-state index in [1.54, 1.807) is 0 Å². The molecule has 1 saturated carbocycles. The molecular formula is C14H27NO2. The van der Waals surface area contributed by atoms with Crippen molar-refractivity contribution in [3.63, 3.8) is 0 Å². The summed E-state index contributed by atoms with van der Waals surface area (Å²) in [6.07, 6.45) is 6.86. The van der Waals surface area contributed by atoms with Crippen molar-refractivity contribution < 1.29 is 9.84 Å². The van der Waals surface area contributed by atoms with E-state index in [1.165, 1.54) is 19.3 Å². The van der Waals surface area contributed by atoms with Crippen LogP contribution < -0.4 is 5.32 Å². The van der Waals surface area contributed by atoms with Crippen LogP contribution in [-0.4, -0.2) is 36.0 Å². The first-order valence-corrected chi connectivity index (χ1v) is 7.15. The van der Waals surface area contributed by atoms with Crippen LogP contribution >= 0.6 is 0 Å². The van der Waals surface area contributed by atoms with Crippen molar-refractivity contribution in [3.05, 3.63) is 0 Å². The Kier molecular flexibility index (Phi) is 4.11. The molecule has 0 aromatic rings. The van der Waals surface area contributed by atoms with Crippen molar-refractivity contribution in [2.24, 2.45) is 5.92 Å². The lowest BCUT2D eigenvalue weighted by molar-refractivity contribution is -0.171. The van der Waals surface area contributed by atoms with E-state index < -0.39 is 5.60 Å². The van der Waals surface area contributed by atoms with Gasteiger partial charge in [0.05, 0.1) is 11.2 Å². The van der Waals surface area contributed by atoms with Crippen LogP contribution in [0, 0.1) is 5.92 Å². The van der Waals surface area contributed by atoms with Gasteiger partial charge in [0.2, 0.25) is 0 Å². The first-order valence-electron chi connectivity index (χ1n) is 7.15. The Bertz CT molecular complexity index is 249. The van der Waals surface area contributed by atoms with Gasteiger partial charge < -0.3 is 15.2 Å². The van der Waals surface area contributed by atoms with Crippen molar-refractivity contribution in [2.45, 2.75) is 63.6 Å². The summed E-state index contributed by atoms with van der Waals surface area (Å²) >= 11 is 0. The Labute approximate surface area is 105 Å². The van der Waals surface area contributed by atoms with Gasteiger partial charge in [-0.05, 0) is 57.9 Å². The van der Waals surface area contributed by atoms with Crippen molar-refractivity contribution >= 4 is 0 Å². The Morgan fingerprint density at radius 2 is 2.24 bits per heavy atom. The number of aliphatic hydroxyl groups is 1. The summed E-state index contributed by atoms with van der Waals surface area (Å²) in [6.45, 7) is 6.66. The van der Waals surface area contributed by atoms with Crippen LogP contribution in [0.1, 0.15) is 52.4 Å². The summed E-state index contributed by atoms with van der Waals surface area (Å²) < 4.78 is 5.92. The van der Waals surface area contributed by atoms with Crippen LogP contribution in [0.2, 0.25) is 0 Å². The van der Waals surface area contributed by atoms with Crippen LogP contribution in [0.5, 0.6) is 0 Å². The average molecular weight is 241 g/mol. The van der Waals surface area contributed by atoms with Gasteiger partial charge in [-0.1, -0.05) is 6.92 Å². The molecule has 2 fully saturated rings. The summed E-state index contributed by atoms with van der Waals surface area (Å²) in [6, 6.07) is 0. The fourth-order valence-corrected chi connectivity index (χ4v) is 3.14. The highest BCUT2D eigenvalue weighted by molar-refractivity contribution is 4.98. The lowest BCUT2D eigenvalue weighted by atomic mass is 9.68. The highest BCUT2D eigenvalue weighted by atomic mass is 16.5. The molecule has 0 bridgehead atoms. The summed E-state index contributed by atoms with van der Waals surface area (Å²) in [5.41, 5.74) is -0.445. The first kappa shape index (κ1) is 13.3. The van der Waals surface area contributed by atoms with Gasteiger partial charge >= 0.3 is 0 Å². The Morgan fingerprint density at radius 1 is 1.47 bits per heavy atom. The molecule has 1 aliphatic carbocycles. The molecule has 2 N–H and O–H groups in total. The van der Waals surface area contributed by atoms with Crippen molar-refractivity contribution in [1.29, 1.82) is 0 Å². The van der Waals surface area contributed by atoms with Crippen LogP contribution in [0.15, 0.2) is 0 Å². The van der Waals surface area contributed by atoms with Gasteiger partial charge in [-0.3, -0.25) is 0 Å². The molecule has 17 heavy (non-hydrogen) atoms. The minimum atomic E-state index is -0.582. The van der Waals surface area contributed by atoms with E-state index in [0.29, 0.717) is 12.5 Å². The predicted octanol–water partition coefficient (Wildman–Crippen LogP) is 2.09. The maximum absolute atomic E-state index is 10.6. The van der Waals surface area contributed by atoms with Gasteiger partial charge in [-0.2, -0.15) is 0 Å². The Morgan fingerprint density at radius 3 is 2.82 bits per heavy atom.